The average molecular weight is 560 g/mol. The van der Waals surface area contributed by atoms with Crippen molar-refractivity contribution in [1.82, 2.24) is 0 Å². The number of ether oxygens (including phenoxy) is 2. The largest absolute Gasteiger partial charge is 0.394 e. The van der Waals surface area contributed by atoms with Gasteiger partial charge in [0, 0.05) is 12.3 Å². The van der Waals surface area contributed by atoms with E-state index in [0.717, 1.165) is 55.9 Å². The summed E-state index contributed by atoms with van der Waals surface area (Å²) < 4.78 is 11.9. The summed E-state index contributed by atoms with van der Waals surface area (Å²) in [4.78, 5) is 5.07. The van der Waals surface area contributed by atoms with Crippen LogP contribution in [0.15, 0.2) is 16.6 Å². The molecule has 6 aliphatic rings. The molecule has 4 aliphatic carbocycles. The van der Waals surface area contributed by atoms with E-state index < -0.39 is 37.3 Å². The van der Waals surface area contributed by atoms with E-state index in [1.807, 2.05) is 0 Å². The third-order valence-electron chi connectivity index (χ3n) is 12.9. The Labute approximate surface area is 240 Å². The van der Waals surface area contributed by atoms with E-state index >= 15 is 0 Å². The lowest BCUT2D eigenvalue weighted by molar-refractivity contribution is -0.313. The Morgan fingerprint density at radius 3 is 2.55 bits per heavy atom. The number of nitrogens with zero attached hydrogens (tertiary/aromatic N) is 1. The van der Waals surface area contributed by atoms with Gasteiger partial charge in [-0.2, -0.15) is 0 Å². The Balaban J connectivity index is 1.14. The van der Waals surface area contributed by atoms with Crippen molar-refractivity contribution in [2.75, 3.05) is 13.2 Å². The van der Waals surface area contributed by atoms with Crippen LogP contribution in [0.5, 0.6) is 0 Å². The summed E-state index contributed by atoms with van der Waals surface area (Å²) in [5.74, 6) is 4.35. The summed E-state index contributed by atoms with van der Waals surface area (Å²) in [6.07, 6.45) is 8.07. The molecule has 7 heteroatoms. The lowest BCUT2D eigenvalue weighted by Gasteiger charge is -2.58. The normalized spacial score (nSPS) is 51.6. The molecule has 4 N–H and O–H groups in total. The molecular weight excluding hydrogens is 506 g/mol. The number of rotatable bonds is 5. The SMILES string of the molecule is C[C@H]1CCC([C@@H](C)[C@H]2CC[C@H]3[C@@H]4CC=C5C[C@@H](O[C@@H]6O[C@H](CO)[C@@H](O)[C@H](O)[C@H]6O)CC[C@]5(C)[C@H]4CC[C@]23C)=NC1. The molecule has 4 fully saturated rings. The second-order valence-corrected chi connectivity index (χ2v) is 15.0. The number of hydrogen-bond donors (Lipinski definition) is 4. The first-order chi connectivity index (χ1) is 19.1. The van der Waals surface area contributed by atoms with E-state index in [0.29, 0.717) is 17.3 Å². The molecule has 0 bridgehead atoms. The van der Waals surface area contributed by atoms with Gasteiger partial charge in [0.05, 0.1) is 12.7 Å². The number of aliphatic hydroxyl groups is 4. The van der Waals surface area contributed by atoms with Crippen molar-refractivity contribution in [3.05, 3.63) is 11.6 Å². The standard InChI is InChI=1S/C33H53NO6/c1-18-5-10-26(34-16-18)19(2)23-8-9-24-22-7-6-20-15-21(11-13-32(20,3)25(22)12-14-33(23,24)4)39-31-30(38)29(37)28(36)27(17-35)40-31/h6,18-19,21-25,27-31,35-38H,5,7-17H2,1-4H3/t18-,19-,21-,22-,23+,24-,25-,27+,28+,29-,30+,31+,32-,33+/m0/s1. The fraction of sp³-hybridized carbons (Fsp3) is 0.909. The van der Waals surface area contributed by atoms with E-state index in [1.165, 1.54) is 49.8 Å². The number of hydrogen-bond acceptors (Lipinski definition) is 7. The minimum atomic E-state index is -1.40. The van der Waals surface area contributed by atoms with Crippen molar-refractivity contribution in [3.8, 4) is 0 Å². The minimum absolute atomic E-state index is 0.109. The lowest BCUT2D eigenvalue weighted by Crippen LogP contribution is -2.60. The summed E-state index contributed by atoms with van der Waals surface area (Å²) in [7, 11) is 0. The van der Waals surface area contributed by atoms with Crippen LogP contribution in [0.2, 0.25) is 0 Å². The highest BCUT2D eigenvalue weighted by Crippen LogP contribution is 2.67. The molecule has 0 radical (unpaired) electrons. The molecule has 6 rings (SSSR count). The van der Waals surface area contributed by atoms with Gasteiger partial charge in [0.15, 0.2) is 6.29 Å². The van der Waals surface area contributed by atoms with Gasteiger partial charge in [-0.05, 0) is 111 Å². The van der Waals surface area contributed by atoms with E-state index in [4.69, 9.17) is 14.5 Å². The molecule has 226 valence electrons. The Morgan fingerprint density at radius 1 is 1.02 bits per heavy atom. The van der Waals surface area contributed by atoms with E-state index in [9.17, 15) is 20.4 Å². The zero-order chi connectivity index (χ0) is 28.4. The maximum absolute atomic E-state index is 10.5. The van der Waals surface area contributed by atoms with Gasteiger partial charge in [-0.25, -0.2) is 0 Å². The van der Waals surface area contributed by atoms with Crippen molar-refractivity contribution in [3.63, 3.8) is 0 Å². The molecule has 0 aromatic heterocycles. The molecule has 2 aliphatic heterocycles. The van der Waals surface area contributed by atoms with Gasteiger partial charge in [0.2, 0.25) is 0 Å². The minimum Gasteiger partial charge on any atom is -0.394 e. The van der Waals surface area contributed by atoms with Crippen LogP contribution in [0, 0.1) is 46.3 Å². The molecule has 3 saturated carbocycles. The maximum atomic E-state index is 10.5. The topological polar surface area (TPSA) is 112 Å². The third kappa shape index (κ3) is 4.75. The molecule has 40 heavy (non-hydrogen) atoms. The second-order valence-electron chi connectivity index (χ2n) is 15.0. The molecule has 0 aromatic rings. The highest BCUT2D eigenvalue weighted by molar-refractivity contribution is 5.87. The smallest absolute Gasteiger partial charge is 0.186 e. The Bertz CT molecular complexity index is 997. The summed E-state index contributed by atoms with van der Waals surface area (Å²) in [5, 5.41) is 40.4. The fourth-order valence-corrected chi connectivity index (χ4v) is 10.4. The predicted molar refractivity (Wildman–Crippen MR) is 154 cm³/mol. The molecule has 2 heterocycles. The van der Waals surface area contributed by atoms with Crippen LogP contribution in [0.25, 0.3) is 0 Å². The number of fused-ring (bicyclic) bond motifs is 5. The van der Waals surface area contributed by atoms with Crippen LogP contribution in [0.3, 0.4) is 0 Å². The van der Waals surface area contributed by atoms with Crippen molar-refractivity contribution in [1.29, 1.82) is 0 Å². The maximum Gasteiger partial charge on any atom is 0.186 e. The van der Waals surface area contributed by atoms with Gasteiger partial charge in [0.25, 0.3) is 0 Å². The Hall–Kier alpha value is -0.830. The first kappa shape index (κ1) is 29.3. The molecular formula is C33H53NO6. The first-order valence-corrected chi connectivity index (χ1v) is 16.3. The van der Waals surface area contributed by atoms with Crippen LogP contribution in [-0.2, 0) is 9.47 Å². The average Bonchev–Trinajstić information content (AvgIpc) is 3.30. The zero-order valence-corrected chi connectivity index (χ0v) is 25.0. The molecule has 7 nitrogen and oxygen atoms in total. The number of aliphatic hydroxyl groups excluding tert-OH is 4. The van der Waals surface area contributed by atoms with Crippen molar-refractivity contribution < 1.29 is 29.9 Å². The van der Waals surface area contributed by atoms with Gasteiger partial charge in [-0.1, -0.05) is 39.3 Å². The molecule has 14 atom stereocenters. The molecule has 0 amide bonds. The molecule has 0 unspecified atom stereocenters. The van der Waals surface area contributed by atoms with Crippen molar-refractivity contribution in [2.45, 2.75) is 129 Å². The highest BCUT2D eigenvalue weighted by Gasteiger charge is 2.59. The number of aliphatic imine (C=N–C) groups is 1. The quantitative estimate of drug-likeness (QED) is 0.375. The number of allylic oxidation sites excluding steroid dienone is 1. The van der Waals surface area contributed by atoms with Gasteiger partial charge in [-0.15, -0.1) is 0 Å². The van der Waals surface area contributed by atoms with Crippen LogP contribution in [0.4, 0.5) is 0 Å². The van der Waals surface area contributed by atoms with Crippen LogP contribution in [-0.4, -0.2) is 76.1 Å². The Kier molecular flexibility index (Phi) is 8.06. The fourth-order valence-electron chi connectivity index (χ4n) is 10.4. The summed E-state index contributed by atoms with van der Waals surface area (Å²) >= 11 is 0. The Morgan fingerprint density at radius 2 is 1.82 bits per heavy atom. The van der Waals surface area contributed by atoms with Gasteiger partial charge >= 0.3 is 0 Å². The van der Waals surface area contributed by atoms with Gasteiger partial charge in [-0.3, -0.25) is 4.99 Å². The molecule has 1 saturated heterocycles. The lowest BCUT2D eigenvalue weighted by atomic mass is 9.47. The zero-order valence-electron chi connectivity index (χ0n) is 25.0. The summed E-state index contributed by atoms with van der Waals surface area (Å²) in [5.41, 5.74) is 3.60. The summed E-state index contributed by atoms with van der Waals surface area (Å²) in [6, 6.07) is 0. The van der Waals surface area contributed by atoms with E-state index in [2.05, 4.69) is 33.8 Å². The van der Waals surface area contributed by atoms with Crippen molar-refractivity contribution in [2.24, 2.45) is 51.3 Å². The van der Waals surface area contributed by atoms with Crippen LogP contribution in [0.1, 0.15) is 91.9 Å². The van der Waals surface area contributed by atoms with E-state index in [-0.39, 0.29) is 11.5 Å². The monoisotopic (exact) mass is 559 g/mol. The van der Waals surface area contributed by atoms with Crippen LogP contribution >= 0.6 is 0 Å². The van der Waals surface area contributed by atoms with Gasteiger partial charge < -0.3 is 29.9 Å². The van der Waals surface area contributed by atoms with E-state index in [1.54, 1.807) is 0 Å². The second kappa shape index (κ2) is 11.0. The predicted octanol–water partition coefficient (Wildman–Crippen LogP) is 4.26. The first-order valence-electron chi connectivity index (χ1n) is 16.3. The van der Waals surface area contributed by atoms with Crippen LogP contribution < -0.4 is 0 Å². The third-order valence-corrected chi connectivity index (χ3v) is 12.9. The highest BCUT2D eigenvalue weighted by atomic mass is 16.7. The molecule has 0 aromatic carbocycles. The summed E-state index contributed by atoms with van der Waals surface area (Å²) in [6.45, 7) is 10.5. The van der Waals surface area contributed by atoms with Crippen molar-refractivity contribution >= 4 is 5.71 Å². The van der Waals surface area contributed by atoms with Gasteiger partial charge in [0.1, 0.15) is 24.4 Å². The molecule has 0 spiro atoms.